The molecular weight excluding hydrogens is 266 g/mol. The number of anilines is 1. The van der Waals surface area contributed by atoms with Crippen LogP contribution >= 0.6 is 0 Å². The average molecular weight is 289 g/mol. The van der Waals surface area contributed by atoms with Crippen LogP contribution in [0, 0.1) is 5.92 Å². The Labute approximate surface area is 125 Å². The Balaban J connectivity index is 2.11. The molecule has 2 rings (SSSR count). The van der Waals surface area contributed by atoms with Gasteiger partial charge in [-0.3, -0.25) is 9.59 Å². The van der Waals surface area contributed by atoms with Gasteiger partial charge in [0.25, 0.3) is 0 Å². The summed E-state index contributed by atoms with van der Waals surface area (Å²) < 4.78 is 0. The Morgan fingerprint density at radius 3 is 2.76 bits per heavy atom. The lowest BCUT2D eigenvalue weighted by Crippen LogP contribution is -2.31. The van der Waals surface area contributed by atoms with Crippen molar-refractivity contribution in [3.63, 3.8) is 0 Å². The van der Waals surface area contributed by atoms with Gasteiger partial charge < -0.3 is 16.4 Å². The molecule has 2 unspecified atom stereocenters. The van der Waals surface area contributed by atoms with Crippen LogP contribution in [0.4, 0.5) is 5.69 Å². The number of rotatable bonds is 5. The molecule has 0 spiro atoms. The summed E-state index contributed by atoms with van der Waals surface area (Å²) in [5, 5.41) is 0. The first-order valence-electron chi connectivity index (χ1n) is 7.31. The molecule has 0 fully saturated rings. The van der Waals surface area contributed by atoms with Gasteiger partial charge in [0.15, 0.2) is 0 Å². The molecule has 1 aliphatic heterocycles. The number of hydrogen-bond acceptors (Lipinski definition) is 3. The molecule has 0 saturated carbocycles. The van der Waals surface area contributed by atoms with Gasteiger partial charge in [0.2, 0.25) is 11.8 Å². The minimum Gasteiger partial charge on any atom is -0.370 e. The van der Waals surface area contributed by atoms with E-state index in [1.54, 1.807) is 11.9 Å². The van der Waals surface area contributed by atoms with Crippen LogP contribution in [-0.4, -0.2) is 18.9 Å². The van der Waals surface area contributed by atoms with Crippen LogP contribution < -0.4 is 16.4 Å². The van der Waals surface area contributed by atoms with Crippen molar-refractivity contribution in [1.29, 1.82) is 0 Å². The van der Waals surface area contributed by atoms with Crippen molar-refractivity contribution in [2.24, 2.45) is 17.4 Å². The van der Waals surface area contributed by atoms with Crippen molar-refractivity contribution >= 4 is 17.5 Å². The quantitative estimate of drug-likeness (QED) is 0.860. The Hall–Kier alpha value is -1.88. The van der Waals surface area contributed by atoms with E-state index < -0.39 is 0 Å². The number of benzene rings is 1. The van der Waals surface area contributed by atoms with Gasteiger partial charge in [0.05, 0.1) is 0 Å². The lowest BCUT2D eigenvalue weighted by Gasteiger charge is -2.27. The number of amides is 2. The normalized spacial score (nSPS) is 17.3. The molecule has 1 aromatic rings. The SMILES string of the molecule is CC(CC(N)=O)CC(N)c1ccc2c(c1)CCC(=O)N2C. The monoisotopic (exact) mass is 289 g/mol. The summed E-state index contributed by atoms with van der Waals surface area (Å²) in [6.07, 6.45) is 2.38. The minimum absolute atomic E-state index is 0.118. The fraction of sp³-hybridized carbons (Fsp3) is 0.500. The number of carbonyl (C=O) groups excluding carboxylic acids is 2. The van der Waals surface area contributed by atoms with Crippen molar-refractivity contribution in [3.8, 4) is 0 Å². The van der Waals surface area contributed by atoms with E-state index >= 15 is 0 Å². The van der Waals surface area contributed by atoms with Gasteiger partial charge in [-0.25, -0.2) is 0 Å². The third kappa shape index (κ3) is 3.61. The smallest absolute Gasteiger partial charge is 0.227 e. The maximum atomic E-state index is 11.7. The third-order valence-corrected chi connectivity index (χ3v) is 4.08. The molecule has 21 heavy (non-hydrogen) atoms. The van der Waals surface area contributed by atoms with Crippen LogP contribution in [0.5, 0.6) is 0 Å². The van der Waals surface area contributed by atoms with Crippen LogP contribution in [0.15, 0.2) is 18.2 Å². The van der Waals surface area contributed by atoms with Gasteiger partial charge in [-0.05, 0) is 36.0 Å². The van der Waals surface area contributed by atoms with Crippen molar-refractivity contribution in [1.82, 2.24) is 0 Å². The molecule has 5 heteroatoms. The first-order valence-corrected chi connectivity index (χ1v) is 7.31. The average Bonchev–Trinajstić information content (AvgIpc) is 2.41. The zero-order valence-electron chi connectivity index (χ0n) is 12.6. The maximum Gasteiger partial charge on any atom is 0.227 e. The summed E-state index contributed by atoms with van der Waals surface area (Å²) in [6.45, 7) is 1.98. The predicted octanol–water partition coefficient (Wildman–Crippen LogP) is 1.50. The highest BCUT2D eigenvalue weighted by Gasteiger charge is 2.22. The number of hydrogen-bond donors (Lipinski definition) is 2. The molecule has 4 N–H and O–H groups in total. The number of carbonyl (C=O) groups is 2. The second-order valence-electron chi connectivity index (χ2n) is 5.96. The van der Waals surface area contributed by atoms with Crippen molar-refractivity contribution in [3.05, 3.63) is 29.3 Å². The van der Waals surface area contributed by atoms with Crippen LogP contribution in [-0.2, 0) is 16.0 Å². The molecule has 0 bridgehead atoms. The van der Waals surface area contributed by atoms with Crippen LogP contribution in [0.25, 0.3) is 0 Å². The summed E-state index contributed by atoms with van der Waals surface area (Å²) >= 11 is 0. The van der Waals surface area contributed by atoms with Gasteiger partial charge in [-0.15, -0.1) is 0 Å². The lowest BCUT2D eigenvalue weighted by molar-refractivity contribution is -0.119. The summed E-state index contributed by atoms with van der Waals surface area (Å²) in [5.74, 6) is 0.0210. The predicted molar refractivity (Wildman–Crippen MR) is 82.7 cm³/mol. The van der Waals surface area contributed by atoms with Crippen molar-refractivity contribution in [2.45, 2.75) is 38.6 Å². The Morgan fingerprint density at radius 2 is 2.10 bits per heavy atom. The largest absolute Gasteiger partial charge is 0.370 e. The lowest BCUT2D eigenvalue weighted by atomic mass is 9.91. The molecule has 1 aromatic carbocycles. The fourth-order valence-corrected chi connectivity index (χ4v) is 2.90. The molecule has 0 aliphatic carbocycles. The van der Waals surface area contributed by atoms with E-state index in [2.05, 4.69) is 6.07 Å². The number of nitrogens with two attached hydrogens (primary N) is 2. The van der Waals surface area contributed by atoms with Gasteiger partial charge >= 0.3 is 0 Å². The Bertz CT molecular complexity index is 556. The fourth-order valence-electron chi connectivity index (χ4n) is 2.90. The van der Waals surface area contributed by atoms with E-state index in [9.17, 15) is 9.59 Å². The number of primary amides is 1. The molecule has 5 nitrogen and oxygen atoms in total. The second kappa shape index (κ2) is 6.26. The van der Waals surface area contributed by atoms with Crippen molar-refractivity contribution < 1.29 is 9.59 Å². The summed E-state index contributed by atoms with van der Waals surface area (Å²) in [7, 11) is 1.80. The van der Waals surface area contributed by atoms with E-state index in [4.69, 9.17) is 11.5 Å². The zero-order chi connectivity index (χ0) is 15.6. The van der Waals surface area contributed by atoms with Crippen LogP contribution in [0.1, 0.15) is 43.4 Å². The Kier molecular flexibility index (Phi) is 4.63. The molecule has 1 aliphatic rings. The number of fused-ring (bicyclic) bond motifs is 1. The molecule has 0 radical (unpaired) electrons. The minimum atomic E-state index is -0.291. The van der Waals surface area contributed by atoms with E-state index in [1.165, 1.54) is 0 Å². The van der Waals surface area contributed by atoms with Gasteiger partial charge in [-0.1, -0.05) is 19.1 Å². The van der Waals surface area contributed by atoms with E-state index in [0.717, 1.165) is 29.7 Å². The highest BCUT2D eigenvalue weighted by Crippen LogP contribution is 2.30. The molecule has 1 heterocycles. The van der Waals surface area contributed by atoms with Crippen LogP contribution in [0.2, 0.25) is 0 Å². The van der Waals surface area contributed by atoms with E-state index in [-0.39, 0.29) is 23.8 Å². The second-order valence-corrected chi connectivity index (χ2v) is 5.96. The standard InChI is InChI=1S/C16H23N3O2/c1-10(8-15(18)20)7-13(17)11-3-5-14-12(9-11)4-6-16(21)19(14)2/h3,5,9-10,13H,4,6-8,17H2,1-2H3,(H2,18,20). The molecule has 114 valence electrons. The first kappa shape index (κ1) is 15.5. The highest BCUT2D eigenvalue weighted by molar-refractivity contribution is 5.95. The van der Waals surface area contributed by atoms with Gasteiger partial charge in [0.1, 0.15) is 0 Å². The number of aryl methyl sites for hydroxylation is 1. The first-order chi connectivity index (χ1) is 9.88. The molecule has 2 amide bonds. The maximum absolute atomic E-state index is 11.7. The van der Waals surface area contributed by atoms with Gasteiger partial charge in [-0.2, -0.15) is 0 Å². The topological polar surface area (TPSA) is 89.4 Å². The van der Waals surface area contributed by atoms with E-state index in [1.807, 2.05) is 19.1 Å². The Morgan fingerprint density at radius 1 is 1.38 bits per heavy atom. The molecule has 0 aromatic heterocycles. The summed E-state index contributed by atoms with van der Waals surface area (Å²) in [4.78, 5) is 24.3. The van der Waals surface area contributed by atoms with E-state index in [0.29, 0.717) is 12.8 Å². The number of nitrogens with zero attached hydrogens (tertiary/aromatic N) is 1. The molecular formula is C16H23N3O2. The molecule has 2 atom stereocenters. The van der Waals surface area contributed by atoms with Gasteiger partial charge in [0, 0.05) is 31.6 Å². The summed E-state index contributed by atoms with van der Waals surface area (Å²) in [6, 6.07) is 5.89. The zero-order valence-corrected chi connectivity index (χ0v) is 12.6. The molecule has 0 saturated heterocycles. The van der Waals surface area contributed by atoms with Crippen LogP contribution in [0.3, 0.4) is 0 Å². The highest BCUT2D eigenvalue weighted by atomic mass is 16.2. The third-order valence-electron chi connectivity index (χ3n) is 4.08. The van der Waals surface area contributed by atoms with Crippen molar-refractivity contribution in [2.75, 3.05) is 11.9 Å². The summed E-state index contributed by atoms with van der Waals surface area (Å²) in [5.41, 5.74) is 14.6.